The number of methoxy groups -OCH3 is 1. The molecule has 3 fully saturated rings. The normalized spacial score (nSPS) is 34.5. The molecule has 0 amide bonds. The number of ketones is 1. The van der Waals surface area contributed by atoms with Crippen molar-refractivity contribution in [3.63, 3.8) is 0 Å². The Morgan fingerprint density at radius 2 is 2.00 bits per heavy atom. The zero-order valence-electron chi connectivity index (χ0n) is 16.0. The SMILES string of the molecule is CC=C[C@@H]1[C@H]2CC(=CCC(=O)C(C(=O)OC)C3CCCC3)C[C@@H]2C[C@H]1O. The number of carbonyl (C=O) groups is 2. The third-order valence-corrected chi connectivity index (χ3v) is 6.79. The van der Waals surface area contributed by atoms with Gasteiger partial charge in [-0.05, 0) is 56.8 Å². The summed E-state index contributed by atoms with van der Waals surface area (Å²) in [5.41, 5.74) is 1.32. The smallest absolute Gasteiger partial charge is 0.316 e. The van der Waals surface area contributed by atoms with Gasteiger partial charge in [-0.1, -0.05) is 36.6 Å². The fraction of sp³-hybridized carbons (Fsp3) is 0.727. The van der Waals surface area contributed by atoms with Gasteiger partial charge >= 0.3 is 5.97 Å². The van der Waals surface area contributed by atoms with Crippen molar-refractivity contribution in [2.75, 3.05) is 7.11 Å². The van der Waals surface area contributed by atoms with Gasteiger partial charge in [0, 0.05) is 12.3 Å². The van der Waals surface area contributed by atoms with Crippen LogP contribution in [-0.4, -0.2) is 30.1 Å². The highest BCUT2D eigenvalue weighted by molar-refractivity contribution is 6.00. The molecule has 0 aromatic heterocycles. The maximum atomic E-state index is 12.8. The number of aliphatic hydroxyl groups is 1. The molecule has 3 rings (SSSR count). The van der Waals surface area contributed by atoms with E-state index in [1.165, 1.54) is 12.7 Å². The van der Waals surface area contributed by atoms with Crippen molar-refractivity contribution in [3.8, 4) is 0 Å². The number of hydrogen-bond donors (Lipinski definition) is 1. The standard InChI is InChI=1S/C22H32O4/c1-3-6-17-18-12-14(11-16(18)13-20(17)24)9-10-19(23)21(22(25)26-2)15-7-4-5-8-15/h3,6,9,15-18,20-21,24H,4-5,7-8,10-13H2,1-2H3/t16-,17-,18+,20-,21?/m1/s1. The predicted molar refractivity (Wildman–Crippen MR) is 100 cm³/mol. The Labute approximate surface area is 156 Å². The van der Waals surface area contributed by atoms with Crippen molar-refractivity contribution in [1.82, 2.24) is 0 Å². The summed E-state index contributed by atoms with van der Waals surface area (Å²) in [6.07, 6.45) is 13.3. The van der Waals surface area contributed by atoms with Gasteiger partial charge in [0.15, 0.2) is 5.78 Å². The van der Waals surface area contributed by atoms with Gasteiger partial charge < -0.3 is 9.84 Å². The van der Waals surface area contributed by atoms with Gasteiger partial charge in [0.1, 0.15) is 5.92 Å². The lowest BCUT2D eigenvalue weighted by Crippen LogP contribution is -2.31. The van der Waals surface area contributed by atoms with Crippen LogP contribution in [0.15, 0.2) is 23.8 Å². The van der Waals surface area contributed by atoms with Gasteiger partial charge in [-0.2, -0.15) is 0 Å². The van der Waals surface area contributed by atoms with Gasteiger partial charge in [0.2, 0.25) is 0 Å². The average Bonchev–Trinajstić information content (AvgIpc) is 3.32. The van der Waals surface area contributed by atoms with Crippen LogP contribution in [0.25, 0.3) is 0 Å². The van der Waals surface area contributed by atoms with Crippen molar-refractivity contribution < 1.29 is 19.4 Å². The molecule has 0 radical (unpaired) electrons. The van der Waals surface area contributed by atoms with Gasteiger partial charge in [-0.25, -0.2) is 0 Å². The summed E-state index contributed by atoms with van der Waals surface area (Å²) in [5.74, 6) is 0.488. The number of allylic oxidation sites excluding steroid dienone is 3. The summed E-state index contributed by atoms with van der Waals surface area (Å²) in [7, 11) is 1.38. The molecule has 5 atom stereocenters. The molecule has 3 aliphatic carbocycles. The average molecular weight is 360 g/mol. The molecular weight excluding hydrogens is 328 g/mol. The fourth-order valence-electron chi connectivity index (χ4n) is 5.54. The number of rotatable bonds is 6. The van der Waals surface area contributed by atoms with Gasteiger partial charge in [-0.3, -0.25) is 9.59 Å². The predicted octanol–water partition coefficient (Wildman–Crippen LogP) is 3.83. The van der Waals surface area contributed by atoms with Crippen LogP contribution < -0.4 is 0 Å². The van der Waals surface area contributed by atoms with Crippen LogP contribution >= 0.6 is 0 Å². The lowest BCUT2D eigenvalue weighted by molar-refractivity contribution is -0.151. The first-order chi connectivity index (χ1) is 12.5. The number of aliphatic hydroxyl groups excluding tert-OH is 1. The number of fused-ring (bicyclic) bond motifs is 1. The maximum Gasteiger partial charge on any atom is 0.316 e. The Balaban J connectivity index is 1.62. The summed E-state index contributed by atoms with van der Waals surface area (Å²) < 4.78 is 4.92. The fourth-order valence-corrected chi connectivity index (χ4v) is 5.54. The quantitative estimate of drug-likeness (QED) is 0.444. The number of hydrogen-bond acceptors (Lipinski definition) is 4. The third-order valence-electron chi connectivity index (χ3n) is 6.79. The highest BCUT2D eigenvalue weighted by Crippen LogP contribution is 2.50. The molecule has 0 bridgehead atoms. The van der Waals surface area contributed by atoms with E-state index in [1.54, 1.807) is 0 Å². The van der Waals surface area contributed by atoms with Gasteiger partial charge in [0.05, 0.1) is 13.2 Å². The van der Waals surface area contributed by atoms with E-state index in [9.17, 15) is 14.7 Å². The molecule has 1 N–H and O–H groups in total. The molecule has 1 unspecified atom stereocenters. The van der Waals surface area contributed by atoms with E-state index in [-0.39, 0.29) is 29.7 Å². The summed E-state index contributed by atoms with van der Waals surface area (Å²) in [6.45, 7) is 2.00. The lowest BCUT2D eigenvalue weighted by Gasteiger charge is -2.19. The minimum absolute atomic E-state index is 0.0124. The summed E-state index contributed by atoms with van der Waals surface area (Å²) in [6, 6.07) is 0. The maximum absolute atomic E-state index is 12.8. The Bertz CT molecular complexity index is 585. The largest absolute Gasteiger partial charge is 0.468 e. The molecular formula is C22H32O4. The number of carbonyl (C=O) groups excluding carboxylic acids is 2. The highest BCUT2D eigenvalue weighted by atomic mass is 16.5. The Morgan fingerprint density at radius 1 is 1.27 bits per heavy atom. The van der Waals surface area contributed by atoms with Crippen LogP contribution in [0.1, 0.15) is 58.3 Å². The van der Waals surface area contributed by atoms with Crippen LogP contribution in [0, 0.1) is 29.6 Å². The molecule has 3 aliphatic rings. The monoisotopic (exact) mass is 360 g/mol. The molecule has 0 aromatic carbocycles. The summed E-state index contributed by atoms with van der Waals surface area (Å²) in [5, 5.41) is 10.2. The molecule has 0 aliphatic heterocycles. The molecule has 0 aromatic rings. The Kier molecular flexibility index (Phi) is 6.33. The molecule has 4 nitrogen and oxygen atoms in total. The van der Waals surface area contributed by atoms with E-state index in [4.69, 9.17) is 4.74 Å². The third kappa shape index (κ3) is 3.95. The van der Waals surface area contributed by atoms with Crippen LogP contribution in [0.2, 0.25) is 0 Å². The second-order valence-electron chi connectivity index (χ2n) is 8.32. The van der Waals surface area contributed by atoms with Gasteiger partial charge in [-0.15, -0.1) is 0 Å². The summed E-state index contributed by atoms with van der Waals surface area (Å²) >= 11 is 0. The molecule has 3 saturated carbocycles. The second-order valence-corrected chi connectivity index (χ2v) is 8.32. The van der Waals surface area contributed by atoms with Crippen LogP contribution in [-0.2, 0) is 14.3 Å². The van der Waals surface area contributed by atoms with E-state index < -0.39 is 5.92 Å². The molecule has 144 valence electrons. The van der Waals surface area contributed by atoms with Crippen molar-refractivity contribution in [3.05, 3.63) is 23.8 Å². The van der Waals surface area contributed by atoms with E-state index in [0.717, 1.165) is 44.9 Å². The number of ether oxygens (including phenoxy) is 1. The topological polar surface area (TPSA) is 63.6 Å². The zero-order valence-corrected chi connectivity index (χ0v) is 16.0. The Morgan fingerprint density at radius 3 is 2.65 bits per heavy atom. The summed E-state index contributed by atoms with van der Waals surface area (Å²) in [4.78, 5) is 24.9. The van der Waals surface area contributed by atoms with Crippen molar-refractivity contribution in [2.24, 2.45) is 29.6 Å². The first-order valence-electron chi connectivity index (χ1n) is 10.1. The molecule has 0 saturated heterocycles. The molecule has 0 heterocycles. The van der Waals surface area contributed by atoms with Crippen LogP contribution in [0.3, 0.4) is 0 Å². The molecule has 0 spiro atoms. The molecule has 26 heavy (non-hydrogen) atoms. The minimum atomic E-state index is -0.585. The molecule has 4 heteroatoms. The first-order valence-corrected chi connectivity index (χ1v) is 10.1. The van der Waals surface area contributed by atoms with Crippen molar-refractivity contribution in [2.45, 2.75) is 64.4 Å². The van der Waals surface area contributed by atoms with Crippen LogP contribution in [0.4, 0.5) is 0 Å². The van der Waals surface area contributed by atoms with E-state index in [2.05, 4.69) is 12.2 Å². The lowest BCUT2D eigenvalue weighted by atomic mass is 9.85. The van der Waals surface area contributed by atoms with Crippen molar-refractivity contribution >= 4 is 11.8 Å². The van der Waals surface area contributed by atoms with Crippen molar-refractivity contribution in [1.29, 1.82) is 0 Å². The highest BCUT2D eigenvalue weighted by Gasteiger charge is 2.45. The van der Waals surface area contributed by atoms with Crippen LogP contribution in [0.5, 0.6) is 0 Å². The van der Waals surface area contributed by atoms with Gasteiger partial charge in [0.25, 0.3) is 0 Å². The Hall–Kier alpha value is -1.42. The van der Waals surface area contributed by atoms with E-state index in [1.807, 2.05) is 13.0 Å². The number of esters is 1. The zero-order chi connectivity index (χ0) is 18.7. The second kappa shape index (κ2) is 8.51. The minimum Gasteiger partial charge on any atom is -0.468 e. The first kappa shape index (κ1) is 19.3. The van der Waals surface area contributed by atoms with E-state index >= 15 is 0 Å². The number of Topliss-reactive ketones (excluding diaryl/α,β-unsaturated/α-hetero) is 1. The van der Waals surface area contributed by atoms with E-state index in [0.29, 0.717) is 18.3 Å².